The number of hydrogen-bond donors (Lipinski definition) is 1. The van der Waals surface area contributed by atoms with Gasteiger partial charge in [0.1, 0.15) is 11.5 Å². The minimum absolute atomic E-state index is 0.184. The average Bonchev–Trinajstić information content (AvgIpc) is 2.60. The van der Waals surface area contributed by atoms with E-state index in [1.54, 1.807) is 6.08 Å². The molecule has 0 atom stereocenters. The zero-order valence-electron chi connectivity index (χ0n) is 14.1. The molecule has 0 saturated heterocycles. The maximum absolute atomic E-state index is 12.0. The van der Waals surface area contributed by atoms with Gasteiger partial charge in [0, 0.05) is 17.8 Å². The Kier molecular flexibility index (Phi) is 6.90. The number of benzene rings is 2. The monoisotopic (exact) mass is 325 g/mol. The molecule has 2 aromatic rings. The molecule has 2 rings (SSSR count). The molecule has 1 amide bonds. The Morgan fingerprint density at radius 1 is 1.04 bits per heavy atom. The first-order valence-corrected chi connectivity index (χ1v) is 8.16. The zero-order chi connectivity index (χ0) is 17.2. The number of carbonyl (C=O) groups excluding carboxylic acids is 1. The van der Waals surface area contributed by atoms with E-state index >= 15 is 0 Å². The smallest absolute Gasteiger partial charge is 0.248 e. The summed E-state index contributed by atoms with van der Waals surface area (Å²) in [6.07, 6.45) is 4.22. The maximum atomic E-state index is 12.0. The highest BCUT2D eigenvalue weighted by molar-refractivity contribution is 6.02. The molecule has 0 aromatic heterocycles. The van der Waals surface area contributed by atoms with Gasteiger partial charge >= 0.3 is 0 Å². The molecule has 126 valence electrons. The van der Waals surface area contributed by atoms with E-state index in [1.165, 1.54) is 6.08 Å². The Balaban J connectivity index is 1.92. The Morgan fingerprint density at radius 3 is 2.54 bits per heavy atom. The quantitative estimate of drug-likeness (QED) is 0.726. The van der Waals surface area contributed by atoms with Gasteiger partial charge in [-0.2, -0.15) is 0 Å². The number of anilines is 1. The van der Waals surface area contributed by atoms with Crippen LogP contribution in [0.15, 0.2) is 54.6 Å². The molecule has 4 heteroatoms. The fraction of sp³-hybridized carbons (Fsp3) is 0.250. The molecule has 0 heterocycles. The second-order valence-electron chi connectivity index (χ2n) is 5.20. The summed E-state index contributed by atoms with van der Waals surface area (Å²) in [5, 5.41) is 2.83. The molecule has 1 N–H and O–H groups in total. The SMILES string of the molecule is CCCOc1cccc(NC(=O)/C=C/c2ccc(OCC)cc2)c1. The molecular weight excluding hydrogens is 302 g/mol. The Morgan fingerprint density at radius 2 is 1.83 bits per heavy atom. The third-order valence-corrected chi connectivity index (χ3v) is 3.19. The molecule has 0 bridgehead atoms. The van der Waals surface area contributed by atoms with Crippen LogP contribution in [0.4, 0.5) is 5.69 Å². The van der Waals surface area contributed by atoms with Gasteiger partial charge in [0.05, 0.1) is 13.2 Å². The first-order chi connectivity index (χ1) is 11.7. The largest absolute Gasteiger partial charge is 0.494 e. The van der Waals surface area contributed by atoms with Crippen molar-refractivity contribution in [3.05, 3.63) is 60.2 Å². The topological polar surface area (TPSA) is 47.6 Å². The second-order valence-corrected chi connectivity index (χ2v) is 5.20. The average molecular weight is 325 g/mol. The first-order valence-electron chi connectivity index (χ1n) is 8.16. The lowest BCUT2D eigenvalue weighted by Crippen LogP contribution is -2.07. The second kappa shape index (κ2) is 9.40. The molecule has 2 aromatic carbocycles. The van der Waals surface area contributed by atoms with E-state index in [9.17, 15) is 4.79 Å². The summed E-state index contributed by atoms with van der Waals surface area (Å²) in [4.78, 5) is 12.0. The van der Waals surface area contributed by atoms with Crippen LogP contribution in [-0.2, 0) is 4.79 Å². The van der Waals surface area contributed by atoms with Gasteiger partial charge < -0.3 is 14.8 Å². The number of carbonyl (C=O) groups is 1. The predicted molar refractivity (Wildman–Crippen MR) is 97.5 cm³/mol. The molecule has 4 nitrogen and oxygen atoms in total. The van der Waals surface area contributed by atoms with Crippen LogP contribution < -0.4 is 14.8 Å². The molecular formula is C20H23NO3. The number of hydrogen-bond acceptors (Lipinski definition) is 3. The van der Waals surface area contributed by atoms with Crippen molar-refractivity contribution in [1.29, 1.82) is 0 Å². The van der Waals surface area contributed by atoms with E-state index in [0.29, 0.717) is 18.9 Å². The molecule has 24 heavy (non-hydrogen) atoms. The van der Waals surface area contributed by atoms with Gasteiger partial charge in [-0.1, -0.05) is 25.1 Å². The molecule has 0 saturated carbocycles. The number of rotatable bonds is 8. The van der Waals surface area contributed by atoms with Gasteiger partial charge in [-0.25, -0.2) is 0 Å². The number of ether oxygens (including phenoxy) is 2. The van der Waals surface area contributed by atoms with Crippen molar-refractivity contribution in [3.8, 4) is 11.5 Å². The van der Waals surface area contributed by atoms with Crippen molar-refractivity contribution in [3.63, 3.8) is 0 Å². The summed E-state index contributed by atoms with van der Waals surface area (Å²) in [7, 11) is 0. The predicted octanol–water partition coefficient (Wildman–Crippen LogP) is 4.53. The van der Waals surface area contributed by atoms with Crippen LogP contribution in [-0.4, -0.2) is 19.1 Å². The lowest BCUT2D eigenvalue weighted by molar-refractivity contribution is -0.111. The Labute approximate surface area is 143 Å². The summed E-state index contributed by atoms with van der Waals surface area (Å²) in [6, 6.07) is 15.0. The van der Waals surface area contributed by atoms with Gasteiger partial charge in [0.15, 0.2) is 0 Å². The highest BCUT2D eigenvalue weighted by Gasteiger charge is 2.00. The minimum atomic E-state index is -0.184. The fourth-order valence-electron chi connectivity index (χ4n) is 2.08. The van der Waals surface area contributed by atoms with Crippen LogP contribution in [0.3, 0.4) is 0 Å². The van der Waals surface area contributed by atoms with Crippen molar-refractivity contribution in [2.24, 2.45) is 0 Å². The summed E-state index contributed by atoms with van der Waals surface area (Å²) in [5.74, 6) is 1.39. The molecule has 0 aliphatic carbocycles. The van der Waals surface area contributed by atoms with Crippen LogP contribution in [0.2, 0.25) is 0 Å². The van der Waals surface area contributed by atoms with Crippen molar-refractivity contribution >= 4 is 17.7 Å². The van der Waals surface area contributed by atoms with Crippen LogP contribution in [0, 0.1) is 0 Å². The van der Waals surface area contributed by atoms with E-state index in [0.717, 1.165) is 23.5 Å². The summed E-state index contributed by atoms with van der Waals surface area (Å²) in [6.45, 7) is 5.30. The van der Waals surface area contributed by atoms with E-state index in [4.69, 9.17) is 9.47 Å². The third-order valence-electron chi connectivity index (χ3n) is 3.19. The van der Waals surface area contributed by atoms with E-state index in [1.807, 2.05) is 55.5 Å². The van der Waals surface area contributed by atoms with E-state index in [2.05, 4.69) is 12.2 Å². The van der Waals surface area contributed by atoms with Gasteiger partial charge in [-0.3, -0.25) is 4.79 Å². The summed E-state index contributed by atoms with van der Waals surface area (Å²) in [5.41, 5.74) is 1.65. The fourth-order valence-corrected chi connectivity index (χ4v) is 2.08. The molecule has 0 fully saturated rings. The number of amides is 1. The van der Waals surface area contributed by atoms with E-state index < -0.39 is 0 Å². The molecule has 0 radical (unpaired) electrons. The number of nitrogens with one attached hydrogen (secondary N) is 1. The van der Waals surface area contributed by atoms with Crippen molar-refractivity contribution in [2.75, 3.05) is 18.5 Å². The van der Waals surface area contributed by atoms with Crippen molar-refractivity contribution in [1.82, 2.24) is 0 Å². The standard InChI is InChI=1S/C20H23NO3/c1-3-14-24-19-7-5-6-17(15-19)21-20(22)13-10-16-8-11-18(12-9-16)23-4-2/h5-13,15H,3-4,14H2,1-2H3,(H,21,22)/b13-10+. The van der Waals surface area contributed by atoms with Crippen LogP contribution in [0.25, 0.3) is 6.08 Å². The molecule has 0 unspecified atom stereocenters. The molecule has 0 aliphatic rings. The minimum Gasteiger partial charge on any atom is -0.494 e. The van der Waals surface area contributed by atoms with Crippen LogP contribution in [0.1, 0.15) is 25.8 Å². The lowest BCUT2D eigenvalue weighted by atomic mass is 10.2. The first kappa shape index (κ1) is 17.6. The van der Waals surface area contributed by atoms with Gasteiger partial charge in [-0.15, -0.1) is 0 Å². The summed E-state index contributed by atoms with van der Waals surface area (Å²) < 4.78 is 10.9. The highest BCUT2D eigenvalue weighted by atomic mass is 16.5. The Bertz CT molecular complexity index is 678. The lowest BCUT2D eigenvalue weighted by Gasteiger charge is -2.07. The van der Waals surface area contributed by atoms with Gasteiger partial charge in [0.25, 0.3) is 0 Å². The van der Waals surface area contributed by atoms with Crippen LogP contribution in [0.5, 0.6) is 11.5 Å². The van der Waals surface area contributed by atoms with Gasteiger partial charge in [0.2, 0.25) is 5.91 Å². The maximum Gasteiger partial charge on any atom is 0.248 e. The zero-order valence-corrected chi connectivity index (χ0v) is 14.1. The van der Waals surface area contributed by atoms with E-state index in [-0.39, 0.29) is 5.91 Å². The van der Waals surface area contributed by atoms with Crippen molar-refractivity contribution < 1.29 is 14.3 Å². The molecule has 0 spiro atoms. The van der Waals surface area contributed by atoms with Gasteiger partial charge in [-0.05, 0) is 49.2 Å². The highest BCUT2D eigenvalue weighted by Crippen LogP contribution is 2.18. The third kappa shape index (κ3) is 5.80. The normalized spacial score (nSPS) is 10.6. The van der Waals surface area contributed by atoms with Crippen LogP contribution >= 0.6 is 0 Å². The van der Waals surface area contributed by atoms with Crippen molar-refractivity contribution in [2.45, 2.75) is 20.3 Å². The Hall–Kier alpha value is -2.75. The summed E-state index contributed by atoms with van der Waals surface area (Å²) >= 11 is 0. The molecule has 0 aliphatic heterocycles.